The normalized spacial score (nSPS) is 13.8. The first-order chi connectivity index (χ1) is 7.22. The molecule has 1 unspecified atom stereocenters. The van der Waals surface area contributed by atoms with Crippen LogP contribution in [-0.4, -0.2) is 25.5 Å². The Kier molecular flexibility index (Phi) is 3.64. The average molecular weight is 250 g/mol. The second kappa shape index (κ2) is 4.47. The first kappa shape index (κ1) is 13.1. The molecule has 1 aromatic carbocycles. The first-order valence-corrected chi connectivity index (χ1v) is 6.58. The smallest absolute Gasteiger partial charge is 0.150 e. The molecule has 0 aliphatic heterocycles. The fourth-order valence-corrected chi connectivity index (χ4v) is 2.09. The SMILES string of the molecule is Cc1ccc(F)c(C(O)CS(C)(=O)=O)c1F. The molecule has 0 spiro atoms. The van der Waals surface area contributed by atoms with Gasteiger partial charge in [0.2, 0.25) is 0 Å². The van der Waals surface area contributed by atoms with Gasteiger partial charge in [-0.05, 0) is 18.6 Å². The van der Waals surface area contributed by atoms with Gasteiger partial charge in [-0.2, -0.15) is 0 Å². The topological polar surface area (TPSA) is 54.4 Å². The Labute approximate surface area is 92.6 Å². The lowest BCUT2D eigenvalue weighted by atomic mass is 10.1. The Morgan fingerprint density at radius 3 is 2.44 bits per heavy atom. The standard InChI is InChI=1S/C10H12F2O3S/c1-6-3-4-7(11)9(10(6)12)8(13)5-16(2,14)15/h3-4,8,13H,5H2,1-2H3. The van der Waals surface area contributed by atoms with Crippen LogP contribution in [0.5, 0.6) is 0 Å². The molecule has 0 aromatic heterocycles. The van der Waals surface area contributed by atoms with Gasteiger partial charge in [-0.3, -0.25) is 0 Å². The minimum absolute atomic E-state index is 0.156. The van der Waals surface area contributed by atoms with Crippen LogP contribution in [0, 0.1) is 18.6 Å². The predicted octanol–water partition coefficient (Wildman–Crippen LogP) is 1.35. The zero-order valence-electron chi connectivity index (χ0n) is 8.87. The van der Waals surface area contributed by atoms with Crippen molar-refractivity contribution in [3.63, 3.8) is 0 Å². The lowest BCUT2D eigenvalue weighted by molar-refractivity contribution is 0.191. The lowest BCUT2D eigenvalue weighted by Crippen LogP contribution is -2.16. The maximum atomic E-state index is 13.5. The van der Waals surface area contributed by atoms with Crippen LogP contribution < -0.4 is 0 Å². The molecule has 0 amide bonds. The van der Waals surface area contributed by atoms with Crippen LogP contribution in [-0.2, 0) is 9.84 Å². The van der Waals surface area contributed by atoms with Gasteiger partial charge >= 0.3 is 0 Å². The Morgan fingerprint density at radius 1 is 1.38 bits per heavy atom. The van der Waals surface area contributed by atoms with Gasteiger partial charge in [0.1, 0.15) is 21.5 Å². The summed E-state index contributed by atoms with van der Waals surface area (Å²) in [6, 6.07) is 2.22. The Balaban J connectivity index is 3.18. The molecular weight excluding hydrogens is 238 g/mol. The van der Waals surface area contributed by atoms with Crippen LogP contribution in [0.15, 0.2) is 12.1 Å². The molecule has 0 bridgehead atoms. The van der Waals surface area contributed by atoms with Crippen LogP contribution in [0.2, 0.25) is 0 Å². The highest BCUT2D eigenvalue weighted by Crippen LogP contribution is 2.24. The third-order valence-electron chi connectivity index (χ3n) is 2.11. The molecule has 1 N–H and O–H groups in total. The number of rotatable bonds is 3. The van der Waals surface area contributed by atoms with E-state index in [1.165, 1.54) is 13.0 Å². The van der Waals surface area contributed by atoms with Crippen molar-refractivity contribution in [2.24, 2.45) is 0 Å². The maximum absolute atomic E-state index is 13.5. The van der Waals surface area contributed by atoms with Crippen LogP contribution in [0.3, 0.4) is 0 Å². The van der Waals surface area contributed by atoms with E-state index in [9.17, 15) is 22.3 Å². The molecular formula is C10H12F2O3S. The molecule has 3 nitrogen and oxygen atoms in total. The molecule has 0 saturated carbocycles. The van der Waals surface area contributed by atoms with Gasteiger partial charge in [0.15, 0.2) is 0 Å². The second-order valence-electron chi connectivity index (χ2n) is 3.70. The molecule has 16 heavy (non-hydrogen) atoms. The zero-order valence-corrected chi connectivity index (χ0v) is 9.68. The molecule has 1 rings (SSSR count). The number of sulfone groups is 1. The van der Waals surface area contributed by atoms with Crippen molar-refractivity contribution in [3.8, 4) is 0 Å². The number of aryl methyl sites for hydroxylation is 1. The molecule has 0 saturated heterocycles. The van der Waals surface area contributed by atoms with Gasteiger partial charge < -0.3 is 5.11 Å². The van der Waals surface area contributed by atoms with E-state index in [4.69, 9.17) is 0 Å². The molecule has 0 fully saturated rings. The third kappa shape index (κ3) is 2.99. The van der Waals surface area contributed by atoms with E-state index in [2.05, 4.69) is 0 Å². The summed E-state index contributed by atoms with van der Waals surface area (Å²) in [5.41, 5.74) is -0.436. The molecule has 6 heteroatoms. The van der Waals surface area contributed by atoms with Crippen LogP contribution >= 0.6 is 0 Å². The summed E-state index contributed by atoms with van der Waals surface area (Å²) in [4.78, 5) is 0. The summed E-state index contributed by atoms with van der Waals surface area (Å²) < 4.78 is 48.6. The summed E-state index contributed by atoms with van der Waals surface area (Å²) >= 11 is 0. The van der Waals surface area contributed by atoms with Gasteiger partial charge in [-0.25, -0.2) is 17.2 Å². The van der Waals surface area contributed by atoms with Gasteiger partial charge in [0, 0.05) is 6.26 Å². The highest BCUT2D eigenvalue weighted by atomic mass is 32.2. The summed E-state index contributed by atoms with van der Waals surface area (Å²) in [6.07, 6.45) is -0.795. The highest BCUT2D eigenvalue weighted by Gasteiger charge is 2.22. The van der Waals surface area contributed by atoms with E-state index in [-0.39, 0.29) is 5.56 Å². The number of benzene rings is 1. The number of hydrogen-bond donors (Lipinski definition) is 1. The molecule has 1 aromatic rings. The van der Waals surface area contributed by atoms with Crippen LogP contribution in [0.4, 0.5) is 8.78 Å². The minimum atomic E-state index is -3.50. The Bertz CT molecular complexity index is 497. The van der Waals surface area contributed by atoms with E-state index in [1.54, 1.807) is 0 Å². The maximum Gasteiger partial charge on any atom is 0.150 e. The predicted molar refractivity (Wildman–Crippen MR) is 55.8 cm³/mol. The van der Waals surface area contributed by atoms with Gasteiger partial charge in [0.05, 0.1) is 17.4 Å². The molecule has 90 valence electrons. The van der Waals surface area contributed by atoms with E-state index < -0.39 is 38.9 Å². The summed E-state index contributed by atoms with van der Waals surface area (Å²) in [6.45, 7) is 1.41. The summed E-state index contributed by atoms with van der Waals surface area (Å²) in [7, 11) is -3.50. The summed E-state index contributed by atoms with van der Waals surface area (Å²) in [5, 5.41) is 9.48. The zero-order chi connectivity index (χ0) is 12.5. The first-order valence-electron chi connectivity index (χ1n) is 4.52. The third-order valence-corrected chi connectivity index (χ3v) is 3.03. The van der Waals surface area contributed by atoms with Crippen molar-refractivity contribution in [2.45, 2.75) is 13.0 Å². The van der Waals surface area contributed by atoms with Crippen molar-refractivity contribution in [1.82, 2.24) is 0 Å². The Morgan fingerprint density at radius 2 is 1.94 bits per heavy atom. The van der Waals surface area contributed by atoms with Crippen molar-refractivity contribution in [3.05, 3.63) is 34.9 Å². The van der Waals surface area contributed by atoms with Crippen molar-refractivity contribution in [1.29, 1.82) is 0 Å². The lowest BCUT2D eigenvalue weighted by Gasteiger charge is -2.13. The number of aliphatic hydroxyl groups is 1. The van der Waals surface area contributed by atoms with Gasteiger partial charge in [-0.1, -0.05) is 6.07 Å². The van der Waals surface area contributed by atoms with E-state index in [1.807, 2.05) is 0 Å². The number of hydrogen-bond acceptors (Lipinski definition) is 3. The number of halogens is 2. The molecule has 1 atom stereocenters. The fourth-order valence-electron chi connectivity index (χ4n) is 1.35. The van der Waals surface area contributed by atoms with Crippen molar-refractivity contribution >= 4 is 9.84 Å². The largest absolute Gasteiger partial charge is 0.387 e. The van der Waals surface area contributed by atoms with E-state index in [0.29, 0.717) is 0 Å². The molecule has 0 radical (unpaired) electrons. The van der Waals surface area contributed by atoms with Crippen LogP contribution in [0.25, 0.3) is 0 Å². The highest BCUT2D eigenvalue weighted by molar-refractivity contribution is 7.90. The van der Waals surface area contributed by atoms with Crippen LogP contribution in [0.1, 0.15) is 17.2 Å². The minimum Gasteiger partial charge on any atom is -0.387 e. The van der Waals surface area contributed by atoms with Crippen molar-refractivity contribution in [2.75, 3.05) is 12.0 Å². The van der Waals surface area contributed by atoms with Gasteiger partial charge in [-0.15, -0.1) is 0 Å². The van der Waals surface area contributed by atoms with E-state index in [0.717, 1.165) is 12.3 Å². The monoisotopic (exact) mass is 250 g/mol. The van der Waals surface area contributed by atoms with Gasteiger partial charge in [0.25, 0.3) is 0 Å². The molecule has 0 heterocycles. The average Bonchev–Trinajstić information content (AvgIpc) is 2.09. The second-order valence-corrected chi connectivity index (χ2v) is 5.88. The molecule has 0 aliphatic carbocycles. The Hall–Kier alpha value is -1.01. The van der Waals surface area contributed by atoms with E-state index >= 15 is 0 Å². The fraction of sp³-hybridized carbons (Fsp3) is 0.400. The van der Waals surface area contributed by atoms with Crippen molar-refractivity contribution < 1.29 is 22.3 Å². The quantitative estimate of drug-likeness (QED) is 0.881. The number of aliphatic hydroxyl groups excluding tert-OH is 1. The summed E-state index contributed by atoms with van der Waals surface area (Å²) in [5.74, 6) is -2.56. The molecule has 0 aliphatic rings.